The predicted octanol–water partition coefficient (Wildman–Crippen LogP) is 4.68. The summed E-state index contributed by atoms with van der Waals surface area (Å²) in [6.07, 6.45) is 3.90. The number of nitrogens with one attached hydrogen (secondary N) is 1. The Morgan fingerprint density at radius 1 is 1.30 bits per heavy atom. The average molecular weight is 447 g/mol. The molecule has 3 heterocycles. The molecule has 0 aliphatic heterocycles. The molecular formula is C21H22N2O5S2. The van der Waals surface area contributed by atoms with Crippen LogP contribution in [0.3, 0.4) is 0 Å². The smallest absolute Gasteiger partial charge is 0.341 e. The molecule has 1 amide bonds. The lowest BCUT2D eigenvalue weighted by Crippen LogP contribution is -2.20. The van der Waals surface area contributed by atoms with E-state index in [1.165, 1.54) is 11.3 Å². The average Bonchev–Trinajstić information content (AvgIpc) is 3.47. The summed E-state index contributed by atoms with van der Waals surface area (Å²) in [4.78, 5) is 27.0. The Hall–Kier alpha value is -2.49. The quantitative estimate of drug-likeness (QED) is 0.506. The van der Waals surface area contributed by atoms with Gasteiger partial charge in [0.05, 0.1) is 23.7 Å². The topological polar surface area (TPSA) is 90.7 Å². The van der Waals surface area contributed by atoms with Crippen LogP contribution in [0, 0.1) is 0 Å². The molecule has 1 aliphatic rings. The number of nitrogens with zero attached hydrogens (tertiary/aromatic N) is 1. The maximum absolute atomic E-state index is 12.5. The Kier molecular flexibility index (Phi) is 6.61. The van der Waals surface area contributed by atoms with Crippen LogP contribution in [0.4, 0.5) is 5.00 Å². The SMILES string of the molecule is CCOC(=O)c1c(NC(=O)COCc2cc(-c3cccs3)on2)sc2c1CCCC2. The lowest BCUT2D eigenvalue weighted by Gasteiger charge is -2.12. The summed E-state index contributed by atoms with van der Waals surface area (Å²) in [5.74, 6) is -0.0192. The van der Waals surface area contributed by atoms with Crippen LogP contribution in [-0.4, -0.2) is 30.2 Å². The van der Waals surface area contributed by atoms with Crippen molar-refractivity contribution in [2.75, 3.05) is 18.5 Å². The molecular weight excluding hydrogens is 424 g/mol. The number of hydrogen-bond acceptors (Lipinski definition) is 8. The van der Waals surface area contributed by atoms with Crippen LogP contribution in [0.1, 0.15) is 46.3 Å². The highest BCUT2D eigenvalue weighted by molar-refractivity contribution is 7.17. The van der Waals surface area contributed by atoms with Gasteiger partial charge in [0.15, 0.2) is 5.76 Å². The fourth-order valence-corrected chi connectivity index (χ4v) is 5.37. The Labute approximate surface area is 182 Å². The van der Waals surface area contributed by atoms with Crippen LogP contribution >= 0.6 is 22.7 Å². The number of aryl methyl sites for hydroxylation is 1. The molecule has 0 saturated carbocycles. The van der Waals surface area contributed by atoms with Gasteiger partial charge < -0.3 is 19.3 Å². The summed E-state index contributed by atoms with van der Waals surface area (Å²) in [5.41, 5.74) is 2.14. The largest absolute Gasteiger partial charge is 0.462 e. The molecule has 0 fully saturated rings. The minimum Gasteiger partial charge on any atom is -0.462 e. The fourth-order valence-electron chi connectivity index (χ4n) is 3.40. The van der Waals surface area contributed by atoms with Gasteiger partial charge in [-0.1, -0.05) is 11.2 Å². The summed E-state index contributed by atoms with van der Waals surface area (Å²) in [6.45, 7) is 2.09. The Balaban J connectivity index is 1.36. The van der Waals surface area contributed by atoms with Crippen molar-refractivity contribution in [3.63, 3.8) is 0 Å². The van der Waals surface area contributed by atoms with E-state index in [1.54, 1.807) is 24.3 Å². The van der Waals surface area contributed by atoms with Crippen molar-refractivity contribution in [1.29, 1.82) is 0 Å². The molecule has 0 unspecified atom stereocenters. The van der Waals surface area contributed by atoms with E-state index in [0.29, 0.717) is 28.6 Å². The molecule has 158 valence electrons. The number of ether oxygens (including phenoxy) is 2. The van der Waals surface area contributed by atoms with E-state index >= 15 is 0 Å². The third-order valence-electron chi connectivity index (χ3n) is 4.71. The first-order valence-electron chi connectivity index (χ1n) is 9.84. The second-order valence-corrected chi connectivity index (χ2v) is 8.89. The first-order chi connectivity index (χ1) is 14.7. The maximum atomic E-state index is 12.5. The Morgan fingerprint density at radius 3 is 2.97 bits per heavy atom. The number of anilines is 1. The molecule has 7 nitrogen and oxygen atoms in total. The van der Waals surface area contributed by atoms with Crippen molar-refractivity contribution in [3.05, 3.63) is 45.3 Å². The Morgan fingerprint density at radius 2 is 2.17 bits per heavy atom. The van der Waals surface area contributed by atoms with Gasteiger partial charge in [-0.25, -0.2) is 4.79 Å². The monoisotopic (exact) mass is 446 g/mol. The molecule has 1 aliphatic carbocycles. The van der Waals surface area contributed by atoms with E-state index in [1.807, 2.05) is 17.5 Å². The second kappa shape index (κ2) is 9.55. The molecule has 4 rings (SSSR count). The minimum absolute atomic E-state index is 0.147. The molecule has 0 spiro atoms. The van der Waals surface area contributed by atoms with Crippen LogP contribution in [0.15, 0.2) is 28.1 Å². The lowest BCUT2D eigenvalue weighted by atomic mass is 9.95. The van der Waals surface area contributed by atoms with Crippen LogP contribution < -0.4 is 5.32 Å². The number of carbonyl (C=O) groups is 2. The lowest BCUT2D eigenvalue weighted by molar-refractivity contribution is -0.121. The normalized spacial score (nSPS) is 13.1. The fraction of sp³-hybridized carbons (Fsp3) is 0.381. The van der Waals surface area contributed by atoms with Crippen molar-refractivity contribution in [2.45, 2.75) is 39.2 Å². The molecule has 9 heteroatoms. The zero-order chi connectivity index (χ0) is 20.9. The van der Waals surface area contributed by atoms with E-state index in [0.717, 1.165) is 41.0 Å². The molecule has 1 N–H and O–H groups in total. The molecule has 0 bridgehead atoms. The molecule has 3 aromatic rings. The number of carbonyl (C=O) groups excluding carboxylic acids is 2. The van der Waals surface area contributed by atoms with Crippen LogP contribution in [0.2, 0.25) is 0 Å². The van der Waals surface area contributed by atoms with Crippen molar-refractivity contribution in [1.82, 2.24) is 5.16 Å². The highest BCUT2D eigenvalue weighted by Gasteiger charge is 2.27. The standard InChI is InChI=1S/C21H22N2O5S2/c1-2-27-21(25)19-14-6-3-4-7-16(14)30-20(19)22-18(24)12-26-11-13-10-15(28-23-13)17-8-5-9-29-17/h5,8-10H,2-4,6-7,11-12H2,1H3,(H,22,24). The number of thiophene rings is 2. The summed E-state index contributed by atoms with van der Waals surface area (Å²) < 4.78 is 16.0. The van der Waals surface area contributed by atoms with Crippen LogP contribution in [0.5, 0.6) is 0 Å². The van der Waals surface area contributed by atoms with Gasteiger partial charge in [-0.05, 0) is 49.6 Å². The number of fused-ring (bicyclic) bond motifs is 1. The van der Waals surface area contributed by atoms with E-state index < -0.39 is 0 Å². The number of aromatic nitrogens is 1. The molecule has 0 saturated heterocycles. The van der Waals surface area contributed by atoms with Gasteiger partial charge in [-0.15, -0.1) is 22.7 Å². The van der Waals surface area contributed by atoms with Crippen LogP contribution in [0.25, 0.3) is 10.6 Å². The van der Waals surface area contributed by atoms with Crippen molar-refractivity contribution >= 4 is 39.6 Å². The van der Waals surface area contributed by atoms with Gasteiger partial charge in [-0.3, -0.25) is 4.79 Å². The first-order valence-corrected chi connectivity index (χ1v) is 11.5. The minimum atomic E-state index is -0.378. The van der Waals surface area contributed by atoms with Gasteiger partial charge in [-0.2, -0.15) is 0 Å². The van der Waals surface area contributed by atoms with Crippen molar-refractivity contribution in [3.8, 4) is 10.6 Å². The molecule has 30 heavy (non-hydrogen) atoms. The van der Waals surface area contributed by atoms with E-state index in [9.17, 15) is 9.59 Å². The number of amides is 1. The van der Waals surface area contributed by atoms with Gasteiger partial charge in [0, 0.05) is 10.9 Å². The van der Waals surface area contributed by atoms with Gasteiger partial charge in [0.25, 0.3) is 5.91 Å². The first kappa shape index (κ1) is 20.8. The van der Waals surface area contributed by atoms with Gasteiger partial charge >= 0.3 is 5.97 Å². The molecule has 0 aromatic carbocycles. The summed E-state index contributed by atoms with van der Waals surface area (Å²) in [5, 5.41) is 9.32. The number of esters is 1. The summed E-state index contributed by atoms with van der Waals surface area (Å²) >= 11 is 3.02. The van der Waals surface area contributed by atoms with Crippen LogP contribution in [-0.2, 0) is 33.7 Å². The summed E-state index contributed by atoms with van der Waals surface area (Å²) in [7, 11) is 0. The van der Waals surface area contributed by atoms with E-state index in [2.05, 4.69) is 10.5 Å². The zero-order valence-corrected chi connectivity index (χ0v) is 18.2. The second-order valence-electron chi connectivity index (χ2n) is 6.84. The third kappa shape index (κ3) is 4.63. The highest BCUT2D eigenvalue weighted by atomic mass is 32.1. The van der Waals surface area contributed by atoms with Crippen molar-refractivity contribution in [2.24, 2.45) is 0 Å². The van der Waals surface area contributed by atoms with Gasteiger partial charge in [0.1, 0.15) is 17.3 Å². The zero-order valence-electron chi connectivity index (χ0n) is 16.6. The molecule has 3 aromatic heterocycles. The van der Waals surface area contributed by atoms with E-state index in [4.69, 9.17) is 14.0 Å². The number of hydrogen-bond donors (Lipinski definition) is 1. The third-order valence-corrected chi connectivity index (χ3v) is 6.80. The molecule has 0 atom stereocenters. The maximum Gasteiger partial charge on any atom is 0.341 e. The van der Waals surface area contributed by atoms with Gasteiger partial charge in [0.2, 0.25) is 0 Å². The molecule has 0 radical (unpaired) electrons. The predicted molar refractivity (Wildman–Crippen MR) is 115 cm³/mol. The Bertz CT molecular complexity index is 1020. The summed E-state index contributed by atoms with van der Waals surface area (Å²) in [6, 6.07) is 5.69. The van der Waals surface area contributed by atoms with E-state index in [-0.39, 0.29) is 25.1 Å². The highest BCUT2D eigenvalue weighted by Crippen LogP contribution is 2.38. The van der Waals surface area contributed by atoms with Crippen molar-refractivity contribution < 1.29 is 23.6 Å². The number of rotatable bonds is 8.